The van der Waals surface area contributed by atoms with Gasteiger partial charge in [-0.15, -0.1) is 0 Å². The third kappa shape index (κ3) is 1.94. The van der Waals surface area contributed by atoms with E-state index in [0.29, 0.717) is 17.0 Å². The van der Waals surface area contributed by atoms with E-state index in [-0.39, 0.29) is 11.1 Å². The van der Waals surface area contributed by atoms with Crippen molar-refractivity contribution < 1.29 is 8.91 Å². The number of benzene rings is 1. The van der Waals surface area contributed by atoms with Gasteiger partial charge in [-0.2, -0.15) is 0 Å². The maximum atomic E-state index is 13.7. The molecule has 0 aliphatic rings. The quantitative estimate of drug-likeness (QED) is 0.877. The Bertz CT molecular complexity index is 510. The van der Waals surface area contributed by atoms with Crippen LogP contribution in [0.25, 0.3) is 11.3 Å². The van der Waals surface area contributed by atoms with Crippen molar-refractivity contribution in [1.82, 2.24) is 5.16 Å². The Hall–Kier alpha value is -1.39. The second-order valence-corrected chi connectivity index (χ2v) is 3.91. The molecule has 1 unspecified atom stereocenters. The normalized spacial score (nSPS) is 12.8. The predicted octanol–water partition coefficient (Wildman–Crippen LogP) is 3.15. The van der Waals surface area contributed by atoms with Crippen molar-refractivity contribution in [3.63, 3.8) is 0 Å². The number of halogens is 2. The second kappa shape index (κ2) is 4.23. The molecule has 0 saturated carbocycles. The minimum absolute atomic E-state index is 0.0582. The van der Waals surface area contributed by atoms with Gasteiger partial charge in [0, 0.05) is 11.6 Å². The SMILES string of the molecule is CC(N)c1cc(-c2cccc(Cl)c2F)no1. The number of hydrogen-bond acceptors (Lipinski definition) is 3. The average Bonchev–Trinajstić information content (AvgIpc) is 2.71. The van der Waals surface area contributed by atoms with E-state index >= 15 is 0 Å². The first kappa shape index (κ1) is 11.1. The summed E-state index contributed by atoms with van der Waals surface area (Å²) in [6.45, 7) is 1.76. The van der Waals surface area contributed by atoms with Gasteiger partial charge < -0.3 is 10.3 Å². The zero-order valence-electron chi connectivity index (χ0n) is 8.58. The molecule has 0 radical (unpaired) electrons. The van der Waals surface area contributed by atoms with Crippen LogP contribution in [0.3, 0.4) is 0 Å². The molecule has 2 N–H and O–H groups in total. The van der Waals surface area contributed by atoms with Gasteiger partial charge in [0.05, 0.1) is 11.1 Å². The molecule has 84 valence electrons. The first-order valence-corrected chi connectivity index (χ1v) is 5.14. The van der Waals surface area contributed by atoms with E-state index < -0.39 is 5.82 Å². The largest absolute Gasteiger partial charge is 0.359 e. The average molecular weight is 241 g/mol. The molecule has 0 spiro atoms. The van der Waals surface area contributed by atoms with Gasteiger partial charge in [0.15, 0.2) is 11.6 Å². The van der Waals surface area contributed by atoms with Crippen LogP contribution in [-0.4, -0.2) is 5.16 Å². The Morgan fingerprint density at radius 2 is 2.25 bits per heavy atom. The fourth-order valence-electron chi connectivity index (χ4n) is 1.33. The maximum absolute atomic E-state index is 13.7. The molecule has 1 heterocycles. The number of nitrogens with zero attached hydrogens (tertiary/aromatic N) is 1. The maximum Gasteiger partial charge on any atom is 0.153 e. The van der Waals surface area contributed by atoms with E-state index in [1.54, 1.807) is 25.1 Å². The van der Waals surface area contributed by atoms with Crippen LogP contribution in [0.1, 0.15) is 18.7 Å². The lowest BCUT2D eigenvalue weighted by atomic mass is 10.1. The highest BCUT2D eigenvalue weighted by molar-refractivity contribution is 6.31. The molecule has 0 aliphatic carbocycles. The Morgan fingerprint density at radius 3 is 2.88 bits per heavy atom. The number of hydrogen-bond donors (Lipinski definition) is 1. The molecule has 5 heteroatoms. The molecule has 0 aliphatic heterocycles. The lowest BCUT2D eigenvalue weighted by Crippen LogP contribution is -2.02. The second-order valence-electron chi connectivity index (χ2n) is 3.50. The van der Waals surface area contributed by atoms with Gasteiger partial charge in [0.2, 0.25) is 0 Å². The van der Waals surface area contributed by atoms with Gasteiger partial charge in [0.25, 0.3) is 0 Å². The predicted molar refractivity (Wildman–Crippen MR) is 59.5 cm³/mol. The van der Waals surface area contributed by atoms with Gasteiger partial charge in [-0.25, -0.2) is 4.39 Å². The molecule has 2 rings (SSSR count). The summed E-state index contributed by atoms with van der Waals surface area (Å²) >= 11 is 5.67. The topological polar surface area (TPSA) is 52.0 Å². The molecule has 0 saturated heterocycles. The van der Waals surface area contributed by atoms with E-state index in [4.69, 9.17) is 21.9 Å². The summed E-state index contributed by atoms with van der Waals surface area (Å²) in [5.74, 6) is 0.00284. The molecule has 16 heavy (non-hydrogen) atoms. The molecule has 3 nitrogen and oxygen atoms in total. The molecule has 2 aromatic rings. The first-order valence-electron chi connectivity index (χ1n) is 4.76. The summed E-state index contributed by atoms with van der Waals surface area (Å²) < 4.78 is 18.6. The highest BCUT2D eigenvalue weighted by Gasteiger charge is 2.14. The minimum Gasteiger partial charge on any atom is -0.359 e. The van der Waals surface area contributed by atoms with Crippen LogP contribution in [0.15, 0.2) is 28.8 Å². The fraction of sp³-hybridized carbons (Fsp3) is 0.182. The van der Waals surface area contributed by atoms with Crippen molar-refractivity contribution in [2.45, 2.75) is 13.0 Å². The highest BCUT2D eigenvalue weighted by atomic mass is 35.5. The van der Waals surface area contributed by atoms with Crippen LogP contribution in [0, 0.1) is 5.82 Å². The van der Waals surface area contributed by atoms with Crippen LogP contribution < -0.4 is 5.73 Å². The molecule has 1 atom stereocenters. The Labute approximate surface area is 97.0 Å². The summed E-state index contributed by atoms with van der Waals surface area (Å²) in [4.78, 5) is 0. The van der Waals surface area contributed by atoms with Gasteiger partial charge >= 0.3 is 0 Å². The third-order valence-electron chi connectivity index (χ3n) is 2.20. The fourth-order valence-corrected chi connectivity index (χ4v) is 1.51. The van der Waals surface area contributed by atoms with Crippen molar-refractivity contribution in [3.8, 4) is 11.3 Å². The molecule has 0 amide bonds. The standard InChI is InChI=1S/C11H10ClFN2O/c1-6(14)10-5-9(15-16-10)7-3-2-4-8(12)11(7)13/h2-6H,14H2,1H3. The molecule has 0 fully saturated rings. The number of rotatable bonds is 2. The zero-order chi connectivity index (χ0) is 11.7. The van der Waals surface area contributed by atoms with Crippen LogP contribution in [-0.2, 0) is 0 Å². The van der Waals surface area contributed by atoms with Crippen molar-refractivity contribution >= 4 is 11.6 Å². The van der Waals surface area contributed by atoms with E-state index in [2.05, 4.69) is 5.16 Å². The minimum atomic E-state index is -0.506. The summed E-state index contributed by atoms with van der Waals surface area (Å²) in [7, 11) is 0. The Morgan fingerprint density at radius 1 is 1.50 bits per heavy atom. The monoisotopic (exact) mass is 240 g/mol. The lowest BCUT2D eigenvalue weighted by molar-refractivity contribution is 0.369. The van der Waals surface area contributed by atoms with Crippen LogP contribution in [0.4, 0.5) is 4.39 Å². The summed E-state index contributed by atoms with van der Waals surface area (Å²) in [6.07, 6.45) is 0. The van der Waals surface area contributed by atoms with E-state index in [1.807, 2.05) is 0 Å². The van der Waals surface area contributed by atoms with Crippen LogP contribution >= 0.6 is 11.6 Å². The smallest absolute Gasteiger partial charge is 0.153 e. The van der Waals surface area contributed by atoms with Gasteiger partial charge in [-0.05, 0) is 19.1 Å². The summed E-state index contributed by atoms with van der Waals surface area (Å²) in [5.41, 5.74) is 6.32. The number of aromatic nitrogens is 1. The van der Waals surface area contributed by atoms with E-state index in [9.17, 15) is 4.39 Å². The molecule has 1 aromatic carbocycles. The number of nitrogens with two attached hydrogens (primary N) is 1. The van der Waals surface area contributed by atoms with Gasteiger partial charge in [-0.1, -0.05) is 22.8 Å². The van der Waals surface area contributed by atoms with Crippen LogP contribution in [0.2, 0.25) is 5.02 Å². The molecule has 1 aromatic heterocycles. The third-order valence-corrected chi connectivity index (χ3v) is 2.50. The molecular formula is C11H10ClFN2O. The first-order chi connectivity index (χ1) is 7.59. The Kier molecular flexibility index (Phi) is 2.94. The van der Waals surface area contributed by atoms with Crippen molar-refractivity contribution in [3.05, 3.63) is 40.9 Å². The van der Waals surface area contributed by atoms with Crippen LogP contribution in [0.5, 0.6) is 0 Å². The van der Waals surface area contributed by atoms with E-state index in [0.717, 1.165) is 0 Å². The molecule has 0 bridgehead atoms. The van der Waals surface area contributed by atoms with E-state index in [1.165, 1.54) is 6.07 Å². The van der Waals surface area contributed by atoms with Crippen molar-refractivity contribution in [2.75, 3.05) is 0 Å². The Balaban J connectivity index is 2.47. The lowest BCUT2D eigenvalue weighted by Gasteiger charge is -1.99. The molecular weight excluding hydrogens is 231 g/mol. The van der Waals surface area contributed by atoms with Gasteiger partial charge in [-0.3, -0.25) is 0 Å². The highest BCUT2D eigenvalue weighted by Crippen LogP contribution is 2.28. The zero-order valence-corrected chi connectivity index (χ0v) is 9.33. The van der Waals surface area contributed by atoms with Crippen molar-refractivity contribution in [2.24, 2.45) is 5.73 Å². The van der Waals surface area contributed by atoms with Crippen molar-refractivity contribution in [1.29, 1.82) is 0 Å². The summed E-state index contributed by atoms with van der Waals surface area (Å²) in [5, 5.41) is 3.81. The van der Waals surface area contributed by atoms with Gasteiger partial charge in [0.1, 0.15) is 5.69 Å². The summed E-state index contributed by atoms with van der Waals surface area (Å²) in [6, 6.07) is 6.06.